The van der Waals surface area contributed by atoms with Gasteiger partial charge in [-0.25, -0.2) is 0 Å². The molecule has 0 aliphatic rings. The van der Waals surface area contributed by atoms with Crippen LogP contribution < -0.4 is 14.3 Å². The van der Waals surface area contributed by atoms with Crippen molar-refractivity contribution in [1.29, 1.82) is 0 Å². The van der Waals surface area contributed by atoms with Crippen molar-refractivity contribution >= 4 is 72.6 Å². The second-order valence-electron chi connectivity index (χ2n) is 11.4. The molecule has 6 aromatic rings. The van der Waals surface area contributed by atoms with E-state index in [1.165, 1.54) is 32.7 Å². The summed E-state index contributed by atoms with van der Waals surface area (Å²) in [4.78, 5) is 10.4. The molecule has 6 rings (SSSR count). The van der Waals surface area contributed by atoms with Crippen LogP contribution in [0.2, 0.25) is 19.8 Å². The summed E-state index contributed by atoms with van der Waals surface area (Å²) < 4.78 is 6.28. The van der Waals surface area contributed by atoms with E-state index in [0.717, 1.165) is 0 Å². The van der Waals surface area contributed by atoms with E-state index in [1.54, 1.807) is 14.3 Å². The van der Waals surface area contributed by atoms with Crippen LogP contribution in [0.4, 0.5) is 0 Å². The molecule has 0 aliphatic heterocycles. The van der Waals surface area contributed by atoms with Crippen molar-refractivity contribution in [2.75, 3.05) is 0 Å². The van der Waals surface area contributed by atoms with E-state index in [4.69, 9.17) is 0 Å². The van der Waals surface area contributed by atoms with Crippen molar-refractivity contribution in [2.45, 2.75) is 19.8 Å². The zero-order valence-corrected chi connectivity index (χ0v) is 28.4. The fourth-order valence-electron chi connectivity index (χ4n) is 6.14. The number of hydrogen-bond acceptors (Lipinski definition) is 0. The summed E-state index contributed by atoms with van der Waals surface area (Å²) in [7, 11) is 0. The van der Waals surface area contributed by atoms with Crippen LogP contribution in [0.5, 0.6) is 0 Å². The van der Waals surface area contributed by atoms with E-state index >= 15 is 0 Å². The Labute approximate surface area is 235 Å². The van der Waals surface area contributed by atoms with E-state index < -0.39 is 36.8 Å². The molecule has 186 valence electrons. The molecular formula is C36H34Sn2. The monoisotopic (exact) mass is 706 g/mol. The van der Waals surface area contributed by atoms with E-state index in [0.29, 0.717) is 0 Å². The Hall–Kier alpha value is -2.56. The molecule has 0 aliphatic carbocycles. The second kappa shape index (κ2) is 10.2. The van der Waals surface area contributed by atoms with Crippen molar-refractivity contribution in [3.8, 4) is 11.1 Å². The Morgan fingerprint density at radius 3 is 1.08 bits per heavy atom. The standard InChI is InChI=1S/C20H12.2C6H5.4CH3.2Sn/c1-3-11-17-15(7-1)9-5-13-19(17)20-14-6-10-16-8-2-4-12-18(16)20;2*1-2-4-6-5-3-1;;;;;;/h1-12H;2*1-5H;4*1H3;;. The molecule has 0 N–H and O–H groups in total. The quantitative estimate of drug-likeness (QED) is 0.165. The number of fused-ring (bicyclic) bond motifs is 2. The van der Waals surface area contributed by atoms with Crippen LogP contribution in [-0.4, -0.2) is 36.8 Å². The molecule has 0 fully saturated rings. The van der Waals surface area contributed by atoms with Crippen LogP contribution in [0.3, 0.4) is 0 Å². The third kappa shape index (κ3) is 4.40. The second-order valence-corrected chi connectivity index (χ2v) is 36.3. The van der Waals surface area contributed by atoms with Crippen LogP contribution in [0, 0.1) is 0 Å². The normalized spacial score (nSPS) is 12.2. The van der Waals surface area contributed by atoms with Crippen molar-refractivity contribution in [3.05, 3.63) is 133 Å². The minimum absolute atomic E-state index is 1.33. The maximum atomic E-state index is 2.59. The van der Waals surface area contributed by atoms with Gasteiger partial charge >= 0.3 is 237 Å². The predicted molar refractivity (Wildman–Crippen MR) is 173 cm³/mol. The van der Waals surface area contributed by atoms with Gasteiger partial charge in [0.25, 0.3) is 0 Å². The van der Waals surface area contributed by atoms with Gasteiger partial charge in [0.15, 0.2) is 0 Å². The van der Waals surface area contributed by atoms with Gasteiger partial charge in [0.1, 0.15) is 0 Å². The van der Waals surface area contributed by atoms with Crippen molar-refractivity contribution < 1.29 is 0 Å². The zero-order valence-electron chi connectivity index (χ0n) is 22.7. The molecule has 0 aromatic heterocycles. The zero-order chi connectivity index (χ0) is 26.3. The van der Waals surface area contributed by atoms with Gasteiger partial charge in [-0.2, -0.15) is 0 Å². The fraction of sp³-hybridized carbons (Fsp3) is 0.111. The van der Waals surface area contributed by atoms with Crippen molar-refractivity contribution in [3.63, 3.8) is 0 Å². The van der Waals surface area contributed by atoms with Gasteiger partial charge in [-0.15, -0.1) is 0 Å². The number of rotatable bonds is 5. The molecule has 0 heterocycles. The topological polar surface area (TPSA) is 0 Å². The Morgan fingerprint density at radius 1 is 0.342 bits per heavy atom. The van der Waals surface area contributed by atoms with Gasteiger partial charge in [-0.3, -0.25) is 0 Å². The first kappa shape index (κ1) is 25.7. The van der Waals surface area contributed by atoms with E-state index in [1.807, 2.05) is 0 Å². The minimum atomic E-state index is -2.98. The first-order valence-electron chi connectivity index (χ1n) is 13.5. The molecule has 2 heteroatoms. The molecule has 38 heavy (non-hydrogen) atoms. The molecule has 0 unspecified atom stereocenters. The fourth-order valence-corrected chi connectivity index (χ4v) is 21.7. The van der Waals surface area contributed by atoms with Crippen LogP contribution in [0.1, 0.15) is 0 Å². The summed E-state index contributed by atoms with van der Waals surface area (Å²) in [6, 6.07) is 50.4. The molecule has 0 bridgehead atoms. The molecule has 6 aromatic carbocycles. The summed E-state index contributed by atoms with van der Waals surface area (Å²) in [6.07, 6.45) is 0. The van der Waals surface area contributed by atoms with E-state index in [2.05, 4.69) is 153 Å². The Balaban J connectivity index is 1.78. The van der Waals surface area contributed by atoms with Crippen molar-refractivity contribution in [1.82, 2.24) is 0 Å². The van der Waals surface area contributed by atoms with Gasteiger partial charge in [-0.1, -0.05) is 0 Å². The van der Waals surface area contributed by atoms with Crippen LogP contribution in [0.15, 0.2) is 133 Å². The Morgan fingerprint density at radius 2 is 0.684 bits per heavy atom. The molecule has 0 amide bonds. The molecule has 0 saturated carbocycles. The number of benzene rings is 6. The summed E-state index contributed by atoms with van der Waals surface area (Å²) in [5, 5.41) is 5.43. The maximum absolute atomic E-state index is 2.98. The SMILES string of the molecule is [CH3][Sn]([CH3])([c]1ccccc1)[c]1ccc2ccccc2c1-c1[c]([Sn]([CH3])([CH3])[c]2ccccc2)ccc2ccccc12. The summed E-state index contributed by atoms with van der Waals surface area (Å²) >= 11 is -5.96. The van der Waals surface area contributed by atoms with Crippen molar-refractivity contribution in [2.24, 2.45) is 0 Å². The Bertz CT molecular complexity index is 1620. The summed E-state index contributed by atoms with van der Waals surface area (Å²) in [6.45, 7) is 0. The molecule has 0 nitrogen and oxygen atoms in total. The van der Waals surface area contributed by atoms with Crippen LogP contribution in [-0.2, 0) is 0 Å². The molecule has 0 saturated heterocycles. The van der Waals surface area contributed by atoms with Gasteiger partial charge in [0.2, 0.25) is 0 Å². The molecule has 0 radical (unpaired) electrons. The summed E-state index contributed by atoms with van der Waals surface area (Å²) in [5.41, 5.74) is 2.97. The Kier molecular flexibility index (Phi) is 6.90. The third-order valence-electron chi connectivity index (χ3n) is 8.45. The van der Waals surface area contributed by atoms with Crippen LogP contribution >= 0.6 is 0 Å². The predicted octanol–water partition coefficient (Wildman–Crippen LogP) is 7.31. The molecular weight excluding hydrogens is 670 g/mol. The molecule has 0 atom stereocenters. The van der Waals surface area contributed by atoms with Gasteiger partial charge in [0.05, 0.1) is 0 Å². The first-order valence-corrected chi connectivity index (χ1v) is 30.7. The number of hydrogen-bond donors (Lipinski definition) is 0. The average Bonchev–Trinajstić information content (AvgIpc) is 2.97. The third-order valence-corrected chi connectivity index (χ3v) is 28.7. The van der Waals surface area contributed by atoms with E-state index in [-0.39, 0.29) is 0 Å². The van der Waals surface area contributed by atoms with Gasteiger partial charge < -0.3 is 0 Å². The first-order chi connectivity index (χ1) is 18.4. The van der Waals surface area contributed by atoms with Gasteiger partial charge in [-0.05, 0) is 0 Å². The molecule has 0 spiro atoms. The van der Waals surface area contributed by atoms with E-state index in [9.17, 15) is 0 Å². The summed E-state index contributed by atoms with van der Waals surface area (Å²) in [5.74, 6) is 0. The average molecular weight is 704 g/mol. The van der Waals surface area contributed by atoms with Crippen LogP contribution in [0.25, 0.3) is 32.7 Å². The van der Waals surface area contributed by atoms with Gasteiger partial charge in [0, 0.05) is 0 Å².